The Morgan fingerprint density at radius 3 is 2.20 bits per heavy atom. The third-order valence-corrected chi connectivity index (χ3v) is 7.91. The fraction of sp³-hybridized carbons (Fsp3) is 0.316. The minimum Gasteiger partial charge on any atom is -0.452 e. The Bertz CT molecular complexity index is 875. The van der Waals surface area contributed by atoms with Crippen molar-refractivity contribution in [3.8, 4) is 11.1 Å². The first kappa shape index (κ1) is 16.7. The van der Waals surface area contributed by atoms with E-state index in [4.69, 9.17) is 4.74 Å². The van der Waals surface area contributed by atoms with Gasteiger partial charge in [-0.1, -0.05) is 48.5 Å². The summed E-state index contributed by atoms with van der Waals surface area (Å²) in [5, 5.41) is 0.000649. The van der Waals surface area contributed by atoms with Crippen LogP contribution in [0.1, 0.15) is 23.7 Å². The first-order chi connectivity index (χ1) is 12.0. The quantitative estimate of drug-likeness (QED) is 0.769. The van der Waals surface area contributed by atoms with Gasteiger partial charge >= 0.3 is 5.97 Å². The first-order valence-electron chi connectivity index (χ1n) is 8.23. The fourth-order valence-corrected chi connectivity index (χ4v) is 6.90. The molecule has 4 nitrogen and oxygen atoms in total. The molecule has 130 valence electrons. The number of fused-ring (bicyclic) bond motifs is 3. The molecular weight excluding hydrogens is 356 g/mol. The van der Waals surface area contributed by atoms with Crippen LogP contribution in [0, 0.1) is 0 Å². The SMILES string of the molecule is O=C(CS[C@@H]1CCS(=O)(=O)C1)OC1c2ccccc2-c2ccccc21. The molecule has 0 bridgehead atoms. The van der Waals surface area contributed by atoms with Crippen LogP contribution in [0.25, 0.3) is 11.1 Å². The van der Waals surface area contributed by atoms with Gasteiger partial charge in [0.05, 0.1) is 17.3 Å². The van der Waals surface area contributed by atoms with Gasteiger partial charge in [-0.15, -0.1) is 11.8 Å². The number of hydrogen-bond donors (Lipinski definition) is 0. The maximum atomic E-state index is 12.3. The molecule has 0 unspecified atom stereocenters. The number of sulfone groups is 1. The summed E-state index contributed by atoms with van der Waals surface area (Å²) in [4.78, 5) is 12.3. The highest BCUT2D eigenvalue weighted by atomic mass is 32.2. The molecule has 2 aromatic rings. The maximum absolute atomic E-state index is 12.3. The zero-order valence-corrected chi connectivity index (χ0v) is 15.2. The monoisotopic (exact) mass is 374 g/mol. The molecule has 25 heavy (non-hydrogen) atoms. The molecule has 0 radical (unpaired) electrons. The summed E-state index contributed by atoms with van der Waals surface area (Å²) < 4.78 is 28.8. The van der Waals surface area contributed by atoms with Gasteiger partial charge < -0.3 is 4.74 Å². The lowest BCUT2D eigenvalue weighted by Crippen LogP contribution is -2.15. The Kier molecular flexibility index (Phi) is 4.33. The van der Waals surface area contributed by atoms with Crippen molar-refractivity contribution >= 4 is 27.6 Å². The van der Waals surface area contributed by atoms with Crippen molar-refractivity contribution in [3.05, 3.63) is 59.7 Å². The summed E-state index contributed by atoms with van der Waals surface area (Å²) >= 11 is 1.39. The predicted octanol–water partition coefficient (Wildman–Crippen LogP) is 3.22. The topological polar surface area (TPSA) is 60.4 Å². The average molecular weight is 374 g/mol. The van der Waals surface area contributed by atoms with E-state index in [1.807, 2.05) is 48.5 Å². The van der Waals surface area contributed by atoms with Crippen LogP contribution in [0.5, 0.6) is 0 Å². The molecule has 1 atom stereocenters. The van der Waals surface area contributed by atoms with Crippen LogP contribution < -0.4 is 0 Å². The number of carbonyl (C=O) groups is 1. The van der Waals surface area contributed by atoms with Gasteiger partial charge in [0.15, 0.2) is 15.9 Å². The van der Waals surface area contributed by atoms with E-state index in [0.717, 1.165) is 22.3 Å². The number of ether oxygens (including phenoxy) is 1. The summed E-state index contributed by atoms with van der Waals surface area (Å²) in [6, 6.07) is 15.9. The molecule has 0 saturated carbocycles. The largest absolute Gasteiger partial charge is 0.452 e. The highest BCUT2D eigenvalue weighted by Crippen LogP contribution is 2.45. The smallest absolute Gasteiger partial charge is 0.316 e. The van der Waals surface area contributed by atoms with Crippen molar-refractivity contribution < 1.29 is 17.9 Å². The van der Waals surface area contributed by atoms with E-state index in [0.29, 0.717) is 6.42 Å². The van der Waals surface area contributed by atoms with Gasteiger partial charge in [0.25, 0.3) is 0 Å². The molecule has 1 fully saturated rings. The zero-order chi connectivity index (χ0) is 17.4. The normalized spacial score (nSPS) is 20.9. The van der Waals surface area contributed by atoms with Crippen LogP contribution in [-0.4, -0.2) is 36.9 Å². The number of rotatable bonds is 4. The molecular formula is C19H18O4S2. The molecule has 0 amide bonds. The van der Waals surface area contributed by atoms with E-state index in [-0.39, 0.29) is 34.6 Å². The van der Waals surface area contributed by atoms with Gasteiger partial charge in [-0.2, -0.15) is 0 Å². The summed E-state index contributed by atoms with van der Waals surface area (Å²) in [7, 11) is -2.92. The van der Waals surface area contributed by atoms with Gasteiger partial charge in [-0.25, -0.2) is 8.42 Å². The van der Waals surface area contributed by atoms with E-state index in [2.05, 4.69) is 0 Å². The lowest BCUT2D eigenvalue weighted by atomic mass is 10.1. The van der Waals surface area contributed by atoms with Crippen molar-refractivity contribution in [2.45, 2.75) is 17.8 Å². The Morgan fingerprint density at radius 1 is 1.04 bits per heavy atom. The molecule has 1 heterocycles. The van der Waals surface area contributed by atoms with Crippen molar-refractivity contribution in [1.82, 2.24) is 0 Å². The Labute approximate surface area is 151 Å². The van der Waals surface area contributed by atoms with Crippen LogP contribution in [-0.2, 0) is 19.4 Å². The molecule has 4 rings (SSSR count). The summed E-state index contributed by atoms with van der Waals surface area (Å²) in [6.45, 7) is 0. The first-order valence-corrected chi connectivity index (χ1v) is 11.1. The lowest BCUT2D eigenvalue weighted by Gasteiger charge is -2.15. The van der Waals surface area contributed by atoms with E-state index in [1.54, 1.807) is 0 Å². The van der Waals surface area contributed by atoms with E-state index < -0.39 is 9.84 Å². The second-order valence-corrected chi connectivity index (χ2v) is 9.90. The molecule has 6 heteroatoms. The summed E-state index contributed by atoms with van der Waals surface area (Å²) in [6.07, 6.45) is 0.239. The predicted molar refractivity (Wildman–Crippen MR) is 99.3 cm³/mol. The van der Waals surface area contributed by atoms with Crippen LogP contribution in [0.3, 0.4) is 0 Å². The maximum Gasteiger partial charge on any atom is 0.316 e. The Morgan fingerprint density at radius 2 is 1.64 bits per heavy atom. The second-order valence-electron chi connectivity index (χ2n) is 6.38. The number of thioether (sulfide) groups is 1. The summed E-state index contributed by atoms with van der Waals surface area (Å²) in [5.74, 6) is 0.273. The van der Waals surface area contributed by atoms with Crippen molar-refractivity contribution in [1.29, 1.82) is 0 Å². The average Bonchev–Trinajstić information content (AvgIpc) is 3.11. The molecule has 1 aliphatic heterocycles. The minimum atomic E-state index is -2.92. The molecule has 0 aromatic heterocycles. The van der Waals surface area contributed by atoms with E-state index >= 15 is 0 Å². The number of benzene rings is 2. The molecule has 1 saturated heterocycles. The highest BCUT2D eigenvalue weighted by molar-refractivity contribution is 8.02. The van der Waals surface area contributed by atoms with Crippen LogP contribution in [0.4, 0.5) is 0 Å². The molecule has 0 spiro atoms. The number of hydrogen-bond acceptors (Lipinski definition) is 5. The van der Waals surface area contributed by atoms with Crippen LogP contribution in [0.2, 0.25) is 0 Å². The second kappa shape index (κ2) is 6.50. The van der Waals surface area contributed by atoms with Gasteiger partial charge in [0, 0.05) is 16.4 Å². The van der Waals surface area contributed by atoms with E-state index in [1.165, 1.54) is 11.8 Å². The lowest BCUT2D eigenvalue weighted by molar-refractivity contribution is -0.144. The minimum absolute atomic E-state index is 0.000649. The summed E-state index contributed by atoms with van der Waals surface area (Å²) in [5.41, 5.74) is 4.21. The van der Waals surface area contributed by atoms with Crippen LogP contribution >= 0.6 is 11.8 Å². The fourth-order valence-electron chi connectivity index (χ4n) is 3.48. The molecule has 2 aromatic carbocycles. The van der Waals surface area contributed by atoms with Gasteiger partial charge in [0.1, 0.15) is 0 Å². The van der Waals surface area contributed by atoms with Gasteiger partial charge in [-0.05, 0) is 17.5 Å². The number of carbonyl (C=O) groups excluding carboxylic acids is 1. The van der Waals surface area contributed by atoms with Crippen molar-refractivity contribution in [2.24, 2.45) is 0 Å². The number of esters is 1. The van der Waals surface area contributed by atoms with Gasteiger partial charge in [0.2, 0.25) is 0 Å². The Hall–Kier alpha value is -1.79. The Balaban J connectivity index is 1.46. The molecule has 2 aliphatic rings. The molecule has 1 aliphatic carbocycles. The zero-order valence-electron chi connectivity index (χ0n) is 13.6. The van der Waals surface area contributed by atoms with Gasteiger partial charge in [-0.3, -0.25) is 4.79 Å². The van der Waals surface area contributed by atoms with Crippen molar-refractivity contribution in [2.75, 3.05) is 17.3 Å². The third kappa shape index (κ3) is 3.33. The van der Waals surface area contributed by atoms with E-state index in [9.17, 15) is 13.2 Å². The highest BCUT2D eigenvalue weighted by Gasteiger charge is 2.32. The van der Waals surface area contributed by atoms with Crippen molar-refractivity contribution in [3.63, 3.8) is 0 Å². The van der Waals surface area contributed by atoms with Crippen LogP contribution in [0.15, 0.2) is 48.5 Å². The molecule has 0 N–H and O–H groups in total. The third-order valence-electron chi connectivity index (χ3n) is 4.65. The standard InChI is InChI=1S/C19H18O4S2/c20-18(11-24-13-9-10-25(21,22)12-13)23-19-16-7-3-1-5-14(16)15-6-2-4-8-17(15)19/h1-8,13,19H,9-12H2/t13-/m1/s1.